The van der Waals surface area contributed by atoms with Crippen molar-refractivity contribution in [3.8, 4) is 11.8 Å². The van der Waals surface area contributed by atoms with Crippen molar-refractivity contribution >= 4 is 15.9 Å². The van der Waals surface area contributed by atoms with E-state index in [9.17, 15) is 17.6 Å². The van der Waals surface area contributed by atoms with Crippen LogP contribution in [-0.4, -0.2) is 31.6 Å². The largest absolute Gasteiger partial charge is 0.412 e. The van der Waals surface area contributed by atoms with Crippen LogP contribution in [-0.2, 0) is 9.84 Å². The van der Waals surface area contributed by atoms with Crippen LogP contribution in [0.15, 0.2) is 54.6 Å². The van der Waals surface area contributed by atoms with Gasteiger partial charge in [0.05, 0.1) is 22.6 Å². The summed E-state index contributed by atoms with van der Waals surface area (Å²) in [6, 6.07) is 15.6. The number of hydrogen-bond acceptors (Lipinski definition) is 5. The summed E-state index contributed by atoms with van der Waals surface area (Å²) < 4.78 is 41.4. The van der Waals surface area contributed by atoms with Crippen LogP contribution in [0, 0.1) is 17.1 Å². The summed E-state index contributed by atoms with van der Waals surface area (Å²) in [6.45, 7) is 4.97. The Labute approximate surface area is 171 Å². The number of sulfone groups is 1. The molecule has 29 heavy (non-hydrogen) atoms. The maximum atomic E-state index is 12.7. The third-order valence-corrected chi connectivity index (χ3v) is 6.20. The number of amides is 1. The highest BCUT2D eigenvalue weighted by molar-refractivity contribution is 7.92. The molecule has 0 aliphatic rings. The lowest BCUT2D eigenvalue weighted by molar-refractivity contribution is 0.196. The molecule has 0 aliphatic heterocycles. The molecule has 1 unspecified atom stereocenters. The Balaban J connectivity index is 0.000000436. The molecule has 1 amide bonds. The van der Waals surface area contributed by atoms with Gasteiger partial charge in [0.15, 0.2) is 9.84 Å². The molecule has 0 aromatic heterocycles. The number of hydrogen-bond donors (Lipinski definition) is 1. The molecule has 0 aliphatic carbocycles. The first kappa shape index (κ1) is 24.1. The first-order chi connectivity index (χ1) is 13.7. The fourth-order valence-electron chi connectivity index (χ4n) is 2.05. The summed E-state index contributed by atoms with van der Waals surface area (Å²) in [5, 5.41) is 10.3. The first-order valence-corrected chi connectivity index (χ1v) is 10.8. The second kappa shape index (κ2) is 11.8. The Morgan fingerprint density at radius 1 is 1.14 bits per heavy atom. The summed E-state index contributed by atoms with van der Waals surface area (Å²) in [7, 11) is -3.25. The predicted molar refractivity (Wildman–Crippen MR) is 110 cm³/mol. The fourth-order valence-corrected chi connectivity index (χ4v) is 3.32. The van der Waals surface area contributed by atoms with E-state index in [-0.39, 0.29) is 11.5 Å². The highest BCUT2D eigenvalue weighted by atomic mass is 32.2. The van der Waals surface area contributed by atoms with Gasteiger partial charge in [0.2, 0.25) is 0 Å². The van der Waals surface area contributed by atoms with Crippen LogP contribution in [0.25, 0.3) is 0 Å². The molecule has 2 aromatic carbocycles. The number of halogens is 1. The van der Waals surface area contributed by atoms with Crippen molar-refractivity contribution < 1.29 is 22.3 Å². The van der Waals surface area contributed by atoms with Crippen LogP contribution in [0.1, 0.15) is 32.8 Å². The number of carbonyl (C=O) groups is 1. The number of nitrogens with zero attached hydrogens (tertiary/aromatic N) is 1. The second-order valence-corrected chi connectivity index (χ2v) is 9.05. The summed E-state index contributed by atoms with van der Waals surface area (Å²) in [5.74, 6) is -0.382. The van der Waals surface area contributed by atoms with Crippen LogP contribution in [0.3, 0.4) is 0 Å². The van der Waals surface area contributed by atoms with Crippen molar-refractivity contribution in [3.63, 3.8) is 0 Å². The summed E-state index contributed by atoms with van der Waals surface area (Å²) in [6.07, 6.45) is -0.294. The molecule has 6 nitrogen and oxygen atoms in total. The predicted octanol–water partition coefficient (Wildman–Crippen LogP) is 4.07. The van der Waals surface area contributed by atoms with Gasteiger partial charge in [0, 0.05) is 6.04 Å². The molecule has 0 spiro atoms. The Morgan fingerprint density at radius 3 is 2.17 bits per heavy atom. The van der Waals surface area contributed by atoms with E-state index in [1.54, 1.807) is 32.9 Å². The first-order valence-electron chi connectivity index (χ1n) is 9.08. The average molecular weight is 421 g/mol. The van der Waals surface area contributed by atoms with Crippen molar-refractivity contribution in [3.05, 3.63) is 66.0 Å². The van der Waals surface area contributed by atoms with E-state index in [1.165, 1.54) is 24.3 Å². The van der Waals surface area contributed by atoms with E-state index in [2.05, 4.69) is 5.32 Å². The van der Waals surface area contributed by atoms with E-state index in [4.69, 9.17) is 10.00 Å². The molecule has 2 aromatic rings. The van der Waals surface area contributed by atoms with Gasteiger partial charge in [-0.15, -0.1) is 0 Å². The highest BCUT2D eigenvalue weighted by Gasteiger charge is 2.23. The number of nitrogens with one attached hydrogen (secondary N) is 1. The minimum atomic E-state index is -3.25. The van der Waals surface area contributed by atoms with E-state index < -0.39 is 33.0 Å². The molecule has 0 radical (unpaired) electrons. The molecule has 0 bridgehead atoms. The van der Waals surface area contributed by atoms with Crippen molar-refractivity contribution in [2.45, 2.75) is 38.5 Å². The number of ether oxygens (including phenoxy) is 1. The molecule has 0 saturated heterocycles. The lowest BCUT2D eigenvalue weighted by Crippen LogP contribution is -2.42. The zero-order valence-corrected chi connectivity index (χ0v) is 17.4. The number of benzene rings is 2. The van der Waals surface area contributed by atoms with Crippen LogP contribution in [0.4, 0.5) is 9.18 Å². The van der Waals surface area contributed by atoms with Gasteiger partial charge in [-0.2, -0.15) is 5.26 Å². The zero-order chi connectivity index (χ0) is 21.9. The van der Waals surface area contributed by atoms with E-state index >= 15 is 0 Å². The molecular formula is C21H25FN2O4S. The molecule has 0 saturated carbocycles. The third-order valence-electron chi connectivity index (χ3n) is 3.89. The molecule has 0 heterocycles. The third kappa shape index (κ3) is 9.21. The van der Waals surface area contributed by atoms with E-state index in [0.29, 0.717) is 12.0 Å². The van der Waals surface area contributed by atoms with Crippen LogP contribution < -0.4 is 10.1 Å². The maximum absolute atomic E-state index is 12.7. The SMILES string of the molecule is CCC(CS(=O)(=O)C(C)C)NC(=O)Oc1ccc(F)cc1.N#Cc1ccccc1. The number of nitriles is 1. The summed E-state index contributed by atoms with van der Waals surface area (Å²) >= 11 is 0. The van der Waals surface area contributed by atoms with Gasteiger partial charge in [-0.25, -0.2) is 17.6 Å². The molecule has 1 N–H and O–H groups in total. The average Bonchev–Trinajstić information content (AvgIpc) is 2.70. The smallest absolute Gasteiger partial charge is 0.410 e. The lowest BCUT2D eigenvalue weighted by Gasteiger charge is -2.18. The van der Waals surface area contributed by atoms with E-state index in [1.807, 2.05) is 24.3 Å². The highest BCUT2D eigenvalue weighted by Crippen LogP contribution is 2.12. The lowest BCUT2D eigenvalue weighted by atomic mass is 10.2. The molecule has 2 rings (SSSR count). The Morgan fingerprint density at radius 2 is 1.72 bits per heavy atom. The quantitative estimate of drug-likeness (QED) is 0.760. The van der Waals surface area contributed by atoms with Crippen molar-refractivity contribution in [1.29, 1.82) is 5.26 Å². The fraction of sp³-hybridized carbons (Fsp3) is 0.333. The molecular weight excluding hydrogens is 395 g/mol. The van der Waals surface area contributed by atoms with Gasteiger partial charge in [0.1, 0.15) is 11.6 Å². The minimum absolute atomic E-state index is 0.139. The normalized spacial score (nSPS) is 11.6. The van der Waals surface area contributed by atoms with Gasteiger partial charge in [-0.1, -0.05) is 25.1 Å². The van der Waals surface area contributed by atoms with Gasteiger partial charge in [-0.05, 0) is 56.7 Å². The van der Waals surface area contributed by atoms with Crippen molar-refractivity contribution in [2.75, 3.05) is 5.75 Å². The van der Waals surface area contributed by atoms with Crippen molar-refractivity contribution in [2.24, 2.45) is 0 Å². The molecule has 156 valence electrons. The Kier molecular flexibility index (Phi) is 9.83. The van der Waals surface area contributed by atoms with Gasteiger partial charge < -0.3 is 10.1 Å². The minimum Gasteiger partial charge on any atom is -0.410 e. The van der Waals surface area contributed by atoms with Gasteiger partial charge in [0.25, 0.3) is 0 Å². The zero-order valence-electron chi connectivity index (χ0n) is 16.6. The topological polar surface area (TPSA) is 96.3 Å². The summed E-state index contributed by atoms with van der Waals surface area (Å²) in [5.41, 5.74) is 0.715. The summed E-state index contributed by atoms with van der Waals surface area (Å²) in [4.78, 5) is 11.7. The van der Waals surface area contributed by atoms with Gasteiger partial charge >= 0.3 is 6.09 Å². The number of carbonyl (C=O) groups excluding carboxylic acids is 1. The monoisotopic (exact) mass is 420 g/mol. The van der Waals surface area contributed by atoms with Crippen LogP contribution in [0.5, 0.6) is 5.75 Å². The van der Waals surface area contributed by atoms with Crippen LogP contribution >= 0.6 is 0 Å². The van der Waals surface area contributed by atoms with Gasteiger partial charge in [-0.3, -0.25) is 0 Å². The Hall–Kier alpha value is -2.92. The van der Waals surface area contributed by atoms with Crippen molar-refractivity contribution in [1.82, 2.24) is 5.32 Å². The van der Waals surface area contributed by atoms with E-state index in [0.717, 1.165) is 0 Å². The molecule has 1 atom stereocenters. The number of rotatable bonds is 6. The second-order valence-electron chi connectivity index (χ2n) is 6.45. The molecule has 8 heteroatoms. The standard InChI is InChI=1S/C14H20FNO4S.C7H5N/c1-4-12(9-21(18,19)10(2)3)16-14(17)20-13-7-5-11(15)6-8-13;8-6-7-4-2-1-3-5-7/h5-8,10,12H,4,9H2,1-3H3,(H,16,17);1-5H. The van der Waals surface area contributed by atoms with Crippen LogP contribution in [0.2, 0.25) is 0 Å². The Bertz CT molecular complexity index is 908. The maximum Gasteiger partial charge on any atom is 0.412 e. The molecule has 0 fully saturated rings.